The second-order valence-electron chi connectivity index (χ2n) is 4.70. The van der Waals surface area contributed by atoms with Crippen LogP contribution in [0.15, 0.2) is 0 Å². The second-order valence-corrected chi connectivity index (χ2v) is 6.06. The lowest BCUT2D eigenvalue weighted by molar-refractivity contribution is 0.0515. The van der Waals surface area contributed by atoms with Gasteiger partial charge >= 0.3 is 0 Å². The molecule has 1 atom stereocenters. The first kappa shape index (κ1) is 14.2. The van der Waals surface area contributed by atoms with Gasteiger partial charge in [0.15, 0.2) is 10.3 Å². The third kappa shape index (κ3) is 4.50. The largest absolute Gasteiger partial charge is 0.388 e. The van der Waals surface area contributed by atoms with Gasteiger partial charge in [0, 0.05) is 6.54 Å². The van der Waals surface area contributed by atoms with Crippen LogP contribution in [-0.4, -0.2) is 22.2 Å². The van der Waals surface area contributed by atoms with Crippen LogP contribution in [0.25, 0.3) is 0 Å². The molecule has 0 spiro atoms. The van der Waals surface area contributed by atoms with Crippen molar-refractivity contribution < 1.29 is 5.11 Å². The fourth-order valence-corrected chi connectivity index (χ4v) is 2.61. The van der Waals surface area contributed by atoms with Gasteiger partial charge in [-0.25, -0.2) is 4.98 Å². The van der Waals surface area contributed by atoms with Crippen LogP contribution in [0.4, 0.5) is 5.13 Å². The number of anilines is 1. The maximum absolute atomic E-state index is 10.1. The lowest BCUT2D eigenvalue weighted by Crippen LogP contribution is -2.34. The van der Waals surface area contributed by atoms with Crippen LogP contribution in [0.2, 0.25) is 5.15 Å². The van der Waals surface area contributed by atoms with Crippen molar-refractivity contribution in [2.24, 2.45) is 5.92 Å². The Kier molecular flexibility index (Phi) is 4.75. The SMILES string of the molecule is CC(C)CC(C)(O)CNc1nc(Cl)c(C#N)s1. The van der Waals surface area contributed by atoms with E-state index in [2.05, 4.69) is 24.1 Å². The predicted molar refractivity (Wildman–Crippen MR) is 70.4 cm³/mol. The molecule has 1 heterocycles. The number of nitriles is 1. The van der Waals surface area contributed by atoms with Crippen LogP contribution in [0, 0.1) is 17.2 Å². The summed E-state index contributed by atoms with van der Waals surface area (Å²) in [7, 11) is 0. The molecule has 0 aliphatic rings. The Hall–Kier alpha value is -0.830. The molecule has 1 aromatic heterocycles. The van der Waals surface area contributed by atoms with Crippen LogP contribution in [0.1, 0.15) is 32.1 Å². The number of rotatable bonds is 5. The minimum atomic E-state index is -0.793. The third-order valence-electron chi connectivity index (χ3n) is 2.16. The third-order valence-corrected chi connectivity index (χ3v) is 3.46. The molecule has 0 fully saturated rings. The van der Waals surface area contributed by atoms with Crippen molar-refractivity contribution in [1.29, 1.82) is 5.26 Å². The molecule has 4 nitrogen and oxygen atoms in total. The van der Waals surface area contributed by atoms with E-state index in [0.29, 0.717) is 28.9 Å². The molecule has 0 aromatic carbocycles. The number of nitrogens with zero attached hydrogens (tertiary/aromatic N) is 2. The summed E-state index contributed by atoms with van der Waals surface area (Å²) >= 11 is 6.95. The van der Waals surface area contributed by atoms with E-state index in [1.165, 1.54) is 11.3 Å². The van der Waals surface area contributed by atoms with E-state index in [1.54, 1.807) is 6.92 Å². The zero-order chi connectivity index (χ0) is 13.1. The Morgan fingerprint density at radius 1 is 1.65 bits per heavy atom. The van der Waals surface area contributed by atoms with Crippen molar-refractivity contribution in [2.75, 3.05) is 11.9 Å². The Balaban J connectivity index is 2.58. The highest BCUT2D eigenvalue weighted by Gasteiger charge is 2.22. The van der Waals surface area contributed by atoms with E-state index in [4.69, 9.17) is 16.9 Å². The van der Waals surface area contributed by atoms with E-state index < -0.39 is 5.60 Å². The molecule has 0 aliphatic heterocycles. The van der Waals surface area contributed by atoms with Crippen molar-refractivity contribution in [1.82, 2.24) is 4.98 Å². The molecule has 0 bridgehead atoms. The Morgan fingerprint density at radius 3 is 2.76 bits per heavy atom. The topological polar surface area (TPSA) is 68.9 Å². The number of hydrogen-bond acceptors (Lipinski definition) is 5. The Bertz CT molecular complexity index is 423. The second kappa shape index (κ2) is 5.67. The minimum Gasteiger partial charge on any atom is -0.388 e. The normalized spacial score (nSPS) is 14.4. The van der Waals surface area contributed by atoms with Crippen LogP contribution in [0.5, 0.6) is 0 Å². The van der Waals surface area contributed by atoms with Crippen LogP contribution in [-0.2, 0) is 0 Å². The average molecular weight is 274 g/mol. The van der Waals surface area contributed by atoms with Gasteiger partial charge in [0.05, 0.1) is 5.60 Å². The number of halogens is 1. The van der Waals surface area contributed by atoms with E-state index in [-0.39, 0.29) is 5.15 Å². The summed E-state index contributed by atoms with van der Waals surface area (Å²) in [5.74, 6) is 0.418. The predicted octanol–water partition coefficient (Wildman–Crippen LogP) is 2.88. The molecule has 0 radical (unpaired) electrons. The number of aromatic nitrogens is 1. The highest BCUT2D eigenvalue weighted by molar-refractivity contribution is 7.16. The molecule has 6 heteroatoms. The maximum Gasteiger partial charge on any atom is 0.185 e. The first-order chi connectivity index (χ1) is 7.84. The van der Waals surface area contributed by atoms with Gasteiger partial charge in [-0.3, -0.25) is 0 Å². The zero-order valence-electron chi connectivity index (χ0n) is 10.1. The number of hydrogen-bond donors (Lipinski definition) is 2. The molecule has 0 aliphatic carbocycles. The first-order valence-electron chi connectivity index (χ1n) is 5.37. The zero-order valence-corrected chi connectivity index (χ0v) is 11.7. The lowest BCUT2D eigenvalue weighted by Gasteiger charge is -2.25. The Morgan fingerprint density at radius 2 is 2.29 bits per heavy atom. The molecular weight excluding hydrogens is 258 g/mol. The molecule has 0 saturated carbocycles. The summed E-state index contributed by atoms with van der Waals surface area (Å²) < 4.78 is 0. The van der Waals surface area contributed by atoms with Gasteiger partial charge in [0.2, 0.25) is 0 Å². The van der Waals surface area contributed by atoms with Crippen molar-refractivity contribution in [2.45, 2.75) is 32.8 Å². The van der Waals surface area contributed by atoms with Crippen LogP contribution >= 0.6 is 22.9 Å². The van der Waals surface area contributed by atoms with Gasteiger partial charge in [0.25, 0.3) is 0 Å². The molecule has 0 saturated heterocycles. The number of aliphatic hydroxyl groups is 1. The average Bonchev–Trinajstić information content (AvgIpc) is 2.54. The summed E-state index contributed by atoms with van der Waals surface area (Å²) in [6.45, 7) is 6.28. The van der Waals surface area contributed by atoms with Gasteiger partial charge < -0.3 is 10.4 Å². The van der Waals surface area contributed by atoms with Crippen LogP contribution < -0.4 is 5.32 Å². The van der Waals surface area contributed by atoms with Gasteiger partial charge in [-0.05, 0) is 19.3 Å². The quantitative estimate of drug-likeness (QED) is 0.866. The van der Waals surface area contributed by atoms with Crippen molar-refractivity contribution in [3.63, 3.8) is 0 Å². The van der Waals surface area contributed by atoms with Crippen molar-refractivity contribution in [3.8, 4) is 6.07 Å². The van der Waals surface area contributed by atoms with Gasteiger partial charge in [-0.1, -0.05) is 36.8 Å². The van der Waals surface area contributed by atoms with Gasteiger partial charge in [-0.15, -0.1) is 0 Å². The summed E-state index contributed by atoms with van der Waals surface area (Å²) in [5, 5.41) is 22.6. The van der Waals surface area contributed by atoms with E-state index in [9.17, 15) is 5.11 Å². The fourth-order valence-electron chi connectivity index (χ4n) is 1.66. The molecule has 1 unspecified atom stereocenters. The molecule has 94 valence electrons. The summed E-state index contributed by atoms with van der Waals surface area (Å²) in [4.78, 5) is 4.39. The molecule has 2 N–H and O–H groups in total. The smallest absolute Gasteiger partial charge is 0.185 e. The monoisotopic (exact) mass is 273 g/mol. The standard InChI is InChI=1S/C11H16ClN3OS/c1-7(2)4-11(3,16)6-14-10-15-9(12)8(5-13)17-10/h7,16H,4,6H2,1-3H3,(H,14,15). The van der Waals surface area contributed by atoms with Gasteiger partial charge in [-0.2, -0.15) is 5.26 Å². The maximum atomic E-state index is 10.1. The highest BCUT2D eigenvalue weighted by Crippen LogP contribution is 2.26. The molecule has 17 heavy (non-hydrogen) atoms. The number of nitrogens with one attached hydrogen (secondary N) is 1. The molecule has 1 aromatic rings. The summed E-state index contributed by atoms with van der Waals surface area (Å²) in [5.41, 5.74) is -0.793. The van der Waals surface area contributed by atoms with Crippen molar-refractivity contribution in [3.05, 3.63) is 10.0 Å². The summed E-state index contributed by atoms with van der Waals surface area (Å²) in [6.07, 6.45) is 0.699. The summed E-state index contributed by atoms with van der Waals surface area (Å²) in [6, 6.07) is 1.97. The molecular formula is C11H16ClN3OS. The molecule has 0 amide bonds. The Labute approximate surface area is 110 Å². The highest BCUT2D eigenvalue weighted by atomic mass is 35.5. The van der Waals surface area contributed by atoms with E-state index >= 15 is 0 Å². The fraction of sp³-hybridized carbons (Fsp3) is 0.636. The van der Waals surface area contributed by atoms with E-state index in [0.717, 1.165) is 0 Å². The van der Waals surface area contributed by atoms with Gasteiger partial charge in [0.1, 0.15) is 10.9 Å². The number of thiazole rings is 1. The first-order valence-corrected chi connectivity index (χ1v) is 6.56. The van der Waals surface area contributed by atoms with Crippen LogP contribution in [0.3, 0.4) is 0 Å². The minimum absolute atomic E-state index is 0.212. The van der Waals surface area contributed by atoms with Crippen molar-refractivity contribution >= 4 is 28.1 Å². The van der Waals surface area contributed by atoms with E-state index in [1.807, 2.05) is 6.07 Å². The molecule has 1 rings (SSSR count). The lowest BCUT2D eigenvalue weighted by atomic mass is 9.94.